The molecule has 1 rings (SSSR count). The molecule has 0 saturated carbocycles. The molecule has 0 bridgehead atoms. The van der Waals surface area contributed by atoms with Crippen LogP contribution >= 0.6 is 0 Å². The summed E-state index contributed by atoms with van der Waals surface area (Å²) in [5, 5.41) is 0. The molecule has 3 heteroatoms. The minimum atomic E-state index is -0.0189. The van der Waals surface area contributed by atoms with E-state index in [9.17, 15) is 4.79 Å². The fourth-order valence-corrected chi connectivity index (χ4v) is 1.76. The predicted molar refractivity (Wildman–Crippen MR) is 67.4 cm³/mol. The molecule has 1 aromatic carbocycles. The van der Waals surface area contributed by atoms with Crippen molar-refractivity contribution in [3.63, 3.8) is 0 Å². The van der Waals surface area contributed by atoms with Gasteiger partial charge in [-0.2, -0.15) is 0 Å². The van der Waals surface area contributed by atoms with Crippen LogP contribution in [0.1, 0.15) is 18.9 Å². The Labute approximate surface area is 97.2 Å². The van der Waals surface area contributed by atoms with Crippen molar-refractivity contribution in [2.75, 3.05) is 18.5 Å². The molecule has 0 fully saturated rings. The van der Waals surface area contributed by atoms with Gasteiger partial charge in [0.1, 0.15) is 0 Å². The van der Waals surface area contributed by atoms with Crippen LogP contribution in [0.3, 0.4) is 0 Å². The van der Waals surface area contributed by atoms with E-state index in [1.165, 1.54) is 0 Å². The molecule has 0 aromatic heterocycles. The third-order valence-corrected chi connectivity index (χ3v) is 2.83. The number of aryl methyl sites for hydroxylation is 1. The Balaban J connectivity index is 2.82. The van der Waals surface area contributed by atoms with E-state index < -0.39 is 0 Å². The van der Waals surface area contributed by atoms with E-state index in [4.69, 9.17) is 5.73 Å². The summed E-state index contributed by atoms with van der Waals surface area (Å²) in [6, 6.07) is 7.88. The Morgan fingerprint density at radius 3 is 2.62 bits per heavy atom. The average Bonchev–Trinajstić information content (AvgIpc) is 2.28. The van der Waals surface area contributed by atoms with Crippen molar-refractivity contribution >= 4 is 11.6 Å². The quantitative estimate of drug-likeness (QED) is 0.843. The second-order valence-electron chi connectivity index (χ2n) is 4.16. The first kappa shape index (κ1) is 12.7. The number of para-hydroxylation sites is 1. The van der Waals surface area contributed by atoms with E-state index in [1.807, 2.05) is 45.2 Å². The highest BCUT2D eigenvalue weighted by Crippen LogP contribution is 2.20. The van der Waals surface area contributed by atoms with E-state index in [2.05, 4.69) is 0 Å². The van der Waals surface area contributed by atoms with Crippen molar-refractivity contribution < 1.29 is 4.79 Å². The summed E-state index contributed by atoms with van der Waals surface area (Å²) in [5.74, 6) is 0.106. The van der Waals surface area contributed by atoms with Crippen molar-refractivity contribution in [1.29, 1.82) is 0 Å². The minimum absolute atomic E-state index is 0.0189. The number of hydrogen-bond acceptors (Lipinski definition) is 2. The van der Waals surface area contributed by atoms with Gasteiger partial charge in [0.05, 0.1) is 0 Å². The summed E-state index contributed by atoms with van der Waals surface area (Å²) >= 11 is 0. The number of rotatable bonds is 4. The topological polar surface area (TPSA) is 46.3 Å². The lowest BCUT2D eigenvalue weighted by Crippen LogP contribution is -2.33. The van der Waals surface area contributed by atoms with Crippen LogP contribution < -0.4 is 10.6 Å². The number of hydrogen-bond donors (Lipinski definition) is 1. The summed E-state index contributed by atoms with van der Waals surface area (Å²) in [4.78, 5) is 13.8. The zero-order chi connectivity index (χ0) is 12.1. The maximum absolute atomic E-state index is 12.1. The Morgan fingerprint density at radius 1 is 1.44 bits per heavy atom. The third-order valence-electron chi connectivity index (χ3n) is 2.83. The molecule has 3 nitrogen and oxygen atoms in total. The first-order chi connectivity index (χ1) is 7.57. The van der Waals surface area contributed by atoms with E-state index in [0.29, 0.717) is 6.54 Å². The van der Waals surface area contributed by atoms with E-state index in [0.717, 1.165) is 17.7 Å². The number of carbonyl (C=O) groups excluding carboxylic acids is 1. The maximum Gasteiger partial charge on any atom is 0.229 e. The number of anilines is 1. The van der Waals surface area contributed by atoms with Crippen molar-refractivity contribution in [1.82, 2.24) is 0 Å². The van der Waals surface area contributed by atoms with Crippen LogP contribution in [0.4, 0.5) is 5.69 Å². The van der Waals surface area contributed by atoms with Gasteiger partial charge in [-0.15, -0.1) is 0 Å². The molecule has 16 heavy (non-hydrogen) atoms. The SMILES string of the molecule is Cc1ccccc1N(C)C(=O)C(C)CCN. The first-order valence-corrected chi connectivity index (χ1v) is 5.61. The molecular weight excluding hydrogens is 200 g/mol. The molecule has 88 valence electrons. The molecule has 1 unspecified atom stereocenters. The van der Waals surface area contributed by atoms with Crippen LogP contribution in [-0.2, 0) is 4.79 Å². The summed E-state index contributed by atoms with van der Waals surface area (Å²) < 4.78 is 0. The van der Waals surface area contributed by atoms with Crippen LogP contribution in [0.2, 0.25) is 0 Å². The fourth-order valence-electron chi connectivity index (χ4n) is 1.76. The number of benzene rings is 1. The van der Waals surface area contributed by atoms with Gasteiger partial charge in [0.2, 0.25) is 5.91 Å². The van der Waals surface area contributed by atoms with Crippen molar-refractivity contribution in [3.8, 4) is 0 Å². The monoisotopic (exact) mass is 220 g/mol. The summed E-state index contributed by atoms with van der Waals surface area (Å²) in [6.45, 7) is 4.48. The van der Waals surface area contributed by atoms with Gasteiger partial charge in [-0.1, -0.05) is 25.1 Å². The molecule has 0 heterocycles. The molecule has 1 aromatic rings. The Bertz CT molecular complexity index is 363. The van der Waals surface area contributed by atoms with Gasteiger partial charge in [-0.05, 0) is 31.5 Å². The number of amides is 1. The molecule has 0 saturated heterocycles. The molecule has 0 aliphatic carbocycles. The largest absolute Gasteiger partial charge is 0.330 e. The van der Waals surface area contributed by atoms with Crippen LogP contribution in [0.5, 0.6) is 0 Å². The molecule has 0 spiro atoms. The lowest BCUT2D eigenvalue weighted by Gasteiger charge is -2.22. The normalized spacial score (nSPS) is 12.2. The molecule has 0 aliphatic rings. The zero-order valence-electron chi connectivity index (χ0n) is 10.2. The number of nitrogens with zero attached hydrogens (tertiary/aromatic N) is 1. The molecule has 1 amide bonds. The second kappa shape index (κ2) is 5.66. The number of nitrogens with two attached hydrogens (primary N) is 1. The molecule has 1 atom stereocenters. The van der Waals surface area contributed by atoms with Crippen molar-refractivity contribution in [2.45, 2.75) is 20.3 Å². The maximum atomic E-state index is 12.1. The Hall–Kier alpha value is -1.35. The van der Waals surface area contributed by atoms with Crippen molar-refractivity contribution in [3.05, 3.63) is 29.8 Å². The van der Waals surface area contributed by atoms with Gasteiger partial charge in [-0.3, -0.25) is 4.79 Å². The fraction of sp³-hybridized carbons (Fsp3) is 0.462. The van der Waals surface area contributed by atoms with Gasteiger partial charge in [0.15, 0.2) is 0 Å². The first-order valence-electron chi connectivity index (χ1n) is 5.61. The van der Waals surface area contributed by atoms with Crippen LogP contribution in [-0.4, -0.2) is 19.5 Å². The molecular formula is C13H20N2O. The highest BCUT2D eigenvalue weighted by Gasteiger charge is 2.18. The summed E-state index contributed by atoms with van der Waals surface area (Å²) in [6.07, 6.45) is 0.731. The van der Waals surface area contributed by atoms with E-state index in [-0.39, 0.29) is 11.8 Å². The molecule has 2 N–H and O–H groups in total. The highest BCUT2D eigenvalue weighted by atomic mass is 16.2. The van der Waals surface area contributed by atoms with Gasteiger partial charge in [-0.25, -0.2) is 0 Å². The Morgan fingerprint density at radius 2 is 2.06 bits per heavy atom. The predicted octanol–water partition coefficient (Wildman–Crippen LogP) is 1.94. The third kappa shape index (κ3) is 2.83. The lowest BCUT2D eigenvalue weighted by molar-refractivity contribution is -0.121. The standard InChI is InChI=1S/C13H20N2O/c1-10-6-4-5-7-12(10)15(3)13(16)11(2)8-9-14/h4-7,11H,8-9,14H2,1-3H3. The van der Waals surface area contributed by atoms with Gasteiger partial charge >= 0.3 is 0 Å². The minimum Gasteiger partial charge on any atom is -0.330 e. The number of carbonyl (C=O) groups is 1. The van der Waals surface area contributed by atoms with Gasteiger partial charge in [0.25, 0.3) is 0 Å². The highest BCUT2D eigenvalue weighted by molar-refractivity contribution is 5.94. The zero-order valence-corrected chi connectivity index (χ0v) is 10.2. The smallest absolute Gasteiger partial charge is 0.229 e. The van der Waals surface area contributed by atoms with Crippen molar-refractivity contribution in [2.24, 2.45) is 11.7 Å². The van der Waals surface area contributed by atoms with E-state index in [1.54, 1.807) is 4.90 Å². The van der Waals surface area contributed by atoms with Crippen LogP contribution in [0.25, 0.3) is 0 Å². The molecule has 0 radical (unpaired) electrons. The lowest BCUT2D eigenvalue weighted by atomic mass is 10.1. The summed E-state index contributed by atoms with van der Waals surface area (Å²) in [5.41, 5.74) is 7.54. The second-order valence-corrected chi connectivity index (χ2v) is 4.16. The van der Waals surface area contributed by atoms with Gasteiger partial charge in [0, 0.05) is 18.7 Å². The van der Waals surface area contributed by atoms with E-state index >= 15 is 0 Å². The average molecular weight is 220 g/mol. The van der Waals surface area contributed by atoms with Gasteiger partial charge < -0.3 is 10.6 Å². The van der Waals surface area contributed by atoms with Crippen LogP contribution in [0.15, 0.2) is 24.3 Å². The molecule has 0 aliphatic heterocycles. The Kier molecular flexibility index (Phi) is 4.50. The van der Waals surface area contributed by atoms with Crippen LogP contribution in [0, 0.1) is 12.8 Å². The summed E-state index contributed by atoms with van der Waals surface area (Å²) in [7, 11) is 1.82.